The van der Waals surface area contributed by atoms with Gasteiger partial charge in [0, 0.05) is 18.7 Å². The molecule has 1 saturated heterocycles. The molecule has 1 aliphatic rings. The fraction of sp³-hybridized carbons (Fsp3) is 0.571. The van der Waals surface area contributed by atoms with E-state index in [0.29, 0.717) is 5.69 Å². The Hall–Kier alpha value is -1.82. The third-order valence-corrected chi connectivity index (χ3v) is 3.95. The largest absolute Gasteiger partial charge is 0.397 e. The second kappa shape index (κ2) is 6.56. The van der Waals surface area contributed by atoms with Crippen molar-refractivity contribution >= 4 is 17.1 Å². The number of nitro benzene ring substituents is 1. The number of nitrogens with zero attached hydrogens (tertiary/aromatic N) is 2. The first-order valence-corrected chi connectivity index (χ1v) is 7.02. The maximum absolute atomic E-state index is 10.6. The lowest BCUT2D eigenvalue weighted by Gasteiger charge is -2.29. The third kappa shape index (κ3) is 3.84. The number of hydrogen-bond acceptors (Lipinski definition) is 5. The van der Waals surface area contributed by atoms with Gasteiger partial charge in [-0.1, -0.05) is 0 Å². The molecule has 0 atom stereocenters. The van der Waals surface area contributed by atoms with Gasteiger partial charge >= 0.3 is 0 Å². The number of nitrogens with two attached hydrogens (primary N) is 1. The summed E-state index contributed by atoms with van der Waals surface area (Å²) in [6.07, 6.45) is 3.60. The van der Waals surface area contributed by atoms with Crippen molar-refractivity contribution in [2.75, 3.05) is 37.7 Å². The van der Waals surface area contributed by atoms with Crippen LogP contribution in [0.1, 0.15) is 19.3 Å². The van der Waals surface area contributed by atoms with Gasteiger partial charge in [0.15, 0.2) is 0 Å². The number of hydrogen-bond donors (Lipinski definition) is 2. The van der Waals surface area contributed by atoms with E-state index < -0.39 is 4.92 Å². The Morgan fingerprint density at radius 1 is 1.45 bits per heavy atom. The van der Waals surface area contributed by atoms with Crippen LogP contribution in [0.25, 0.3) is 0 Å². The van der Waals surface area contributed by atoms with Gasteiger partial charge in [0.05, 0.1) is 16.3 Å². The Labute approximate surface area is 119 Å². The van der Waals surface area contributed by atoms with Crippen LogP contribution >= 0.6 is 0 Å². The van der Waals surface area contributed by atoms with Crippen molar-refractivity contribution in [1.82, 2.24) is 4.90 Å². The Kier molecular flexibility index (Phi) is 4.79. The van der Waals surface area contributed by atoms with Gasteiger partial charge in [0.2, 0.25) is 0 Å². The normalized spacial score (nSPS) is 17.1. The summed E-state index contributed by atoms with van der Waals surface area (Å²) < 4.78 is 0. The maximum Gasteiger partial charge on any atom is 0.271 e. The van der Waals surface area contributed by atoms with Crippen molar-refractivity contribution < 1.29 is 4.92 Å². The Morgan fingerprint density at radius 3 is 2.75 bits per heavy atom. The zero-order valence-electron chi connectivity index (χ0n) is 11.8. The van der Waals surface area contributed by atoms with E-state index in [0.717, 1.165) is 24.6 Å². The monoisotopic (exact) mass is 278 g/mol. The second-order valence-electron chi connectivity index (χ2n) is 5.49. The molecule has 3 N–H and O–H groups in total. The number of nitro groups is 1. The molecule has 2 rings (SSSR count). The average molecular weight is 278 g/mol. The summed E-state index contributed by atoms with van der Waals surface area (Å²) in [5.74, 6) is 0.762. The number of benzene rings is 1. The van der Waals surface area contributed by atoms with Crippen LogP contribution < -0.4 is 11.1 Å². The van der Waals surface area contributed by atoms with E-state index in [2.05, 4.69) is 17.3 Å². The van der Waals surface area contributed by atoms with Gasteiger partial charge in [-0.15, -0.1) is 0 Å². The molecule has 20 heavy (non-hydrogen) atoms. The average Bonchev–Trinajstić information content (AvgIpc) is 2.42. The minimum absolute atomic E-state index is 0.0309. The standard InChI is InChI=1S/C14H22N4O2/c1-17-8-5-11(6-9-17)4-7-16-14-3-2-12(18(19)20)10-13(14)15/h2-3,10-11,16H,4-9,15H2,1H3. The van der Waals surface area contributed by atoms with E-state index in [-0.39, 0.29) is 5.69 Å². The van der Waals surface area contributed by atoms with Gasteiger partial charge in [-0.25, -0.2) is 0 Å². The molecule has 0 amide bonds. The molecule has 6 nitrogen and oxygen atoms in total. The summed E-state index contributed by atoms with van der Waals surface area (Å²) in [6, 6.07) is 4.56. The molecule has 1 fully saturated rings. The van der Waals surface area contributed by atoms with Crippen LogP contribution in [0.5, 0.6) is 0 Å². The van der Waals surface area contributed by atoms with E-state index in [4.69, 9.17) is 5.73 Å². The molecule has 0 bridgehead atoms. The van der Waals surface area contributed by atoms with Crippen LogP contribution in [0.15, 0.2) is 18.2 Å². The van der Waals surface area contributed by atoms with Crippen molar-refractivity contribution in [3.63, 3.8) is 0 Å². The number of rotatable bonds is 5. The molecule has 0 unspecified atom stereocenters. The van der Waals surface area contributed by atoms with Crippen LogP contribution in [0.2, 0.25) is 0 Å². The lowest BCUT2D eigenvalue weighted by atomic mass is 9.94. The lowest BCUT2D eigenvalue weighted by molar-refractivity contribution is -0.384. The summed E-state index contributed by atoms with van der Waals surface area (Å²) in [5, 5.41) is 13.9. The number of piperidine rings is 1. The fourth-order valence-corrected chi connectivity index (χ4v) is 2.59. The van der Waals surface area contributed by atoms with Crippen molar-refractivity contribution in [1.29, 1.82) is 0 Å². The van der Waals surface area contributed by atoms with E-state index in [1.807, 2.05) is 0 Å². The summed E-state index contributed by atoms with van der Waals surface area (Å²) >= 11 is 0. The van der Waals surface area contributed by atoms with Gasteiger partial charge in [-0.2, -0.15) is 0 Å². The SMILES string of the molecule is CN1CCC(CCNc2ccc([N+](=O)[O-])cc2N)CC1. The number of anilines is 2. The maximum atomic E-state index is 10.6. The van der Waals surface area contributed by atoms with Crippen LogP contribution in [0, 0.1) is 16.0 Å². The Balaban J connectivity index is 1.81. The van der Waals surface area contributed by atoms with Crippen molar-refractivity contribution in [2.45, 2.75) is 19.3 Å². The van der Waals surface area contributed by atoms with Gasteiger partial charge in [-0.05, 0) is 51.4 Å². The number of non-ortho nitro benzene ring substituents is 1. The van der Waals surface area contributed by atoms with E-state index in [1.54, 1.807) is 6.07 Å². The van der Waals surface area contributed by atoms with Gasteiger partial charge in [0.25, 0.3) is 5.69 Å². The smallest absolute Gasteiger partial charge is 0.271 e. The zero-order chi connectivity index (χ0) is 14.5. The predicted octanol–water partition coefficient (Wildman–Crippen LogP) is 2.32. The van der Waals surface area contributed by atoms with Gasteiger partial charge < -0.3 is 16.0 Å². The van der Waals surface area contributed by atoms with Gasteiger partial charge in [-0.3, -0.25) is 10.1 Å². The molecular formula is C14H22N4O2. The molecule has 0 saturated carbocycles. The van der Waals surface area contributed by atoms with Gasteiger partial charge in [0.1, 0.15) is 0 Å². The Morgan fingerprint density at radius 2 is 2.15 bits per heavy atom. The molecule has 1 aliphatic heterocycles. The van der Waals surface area contributed by atoms with Crippen molar-refractivity contribution in [3.8, 4) is 0 Å². The lowest BCUT2D eigenvalue weighted by Crippen LogP contribution is -2.30. The summed E-state index contributed by atoms with van der Waals surface area (Å²) in [7, 11) is 2.16. The molecule has 110 valence electrons. The predicted molar refractivity (Wildman–Crippen MR) is 80.8 cm³/mol. The van der Waals surface area contributed by atoms with Crippen LogP contribution in [-0.4, -0.2) is 36.5 Å². The molecule has 1 aromatic carbocycles. The van der Waals surface area contributed by atoms with Crippen molar-refractivity contribution in [3.05, 3.63) is 28.3 Å². The first-order valence-electron chi connectivity index (χ1n) is 7.02. The minimum Gasteiger partial charge on any atom is -0.397 e. The van der Waals surface area contributed by atoms with Crippen LogP contribution in [-0.2, 0) is 0 Å². The highest BCUT2D eigenvalue weighted by Gasteiger charge is 2.16. The summed E-state index contributed by atoms with van der Waals surface area (Å²) in [5.41, 5.74) is 7.07. The quantitative estimate of drug-likeness (QED) is 0.490. The molecular weight excluding hydrogens is 256 g/mol. The van der Waals surface area contributed by atoms with E-state index in [9.17, 15) is 10.1 Å². The highest BCUT2D eigenvalue weighted by atomic mass is 16.6. The topological polar surface area (TPSA) is 84.4 Å². The third-order valence-electron chi connectivity index (χ3n) is 3.95. The molecule has 0 radical (unpaired) electrons. The fourth-order valence-electron chi connectivity index (χ4n) is 2.59. The number of nitrogen functional groups attached to an aromatic ring is 1. The molecule has 6 heteroatoms. The highest BCUT2D eigenvalue weighted by molar-refractivity contribution is 5.69. The highest BCUT2D eigenvalue weighted by Crippen LogP contribution is 2.25. The molecule has 1 heterocycles. The zero-order valence-corrected chi connectivity index (χ0v) is 11.8. The molecule has 0 spiro atoms. The summed E-state index contributed by atoms with van der Waals surface area (Å²) in [6.45, 7) is 3.20. The van der Waals surface area contributed by atoms with Crippen molar-refractivity contribution in [2.24, 2.45) is 5.92 Å². The second-order valence-corrected chi connectivity index (χ2v) is 5.49. The van der Waals surface area contributed by atoms with Crippen LogP contribution in [0.4, 0.5) is 17.1 Å². The molecule has 1 aromatic rings. The van der Waals surface area contributed by atoms with E-state index >= 15 is 0 Å². The first kappa shape index (κ1) is 14.6. The molecule has 0 aromatic heterocycles. The number of likely N-dealkylation sites (tertiary alicyclic amines) is 1. The van der Waals surface area contributed by atoms with Crippen LogP contribution in [0.3, 0.4) is 0 Å². The van der Waals surface area contributed by atoms with E-state index in [1.165, 1.54) is 38.1 Å². The Bertz CT molecular complexity index is 470. The summed E-state index contributed by atoms with van der Waals surface area (Å²) in [4.78, 5) is 12.6. The molecule has 0 aliphatic carbocycles. The number of nitrogens with one attached hydrogen (secondary N) is 1. The first-order chi connectivity index (χ1) is 9.56. The minimum atomic E-state index is -0.432.